The van der Waals surface area contributed by atoms with Gasteiger partial charge in [0.1, 0.15) is 16.8 Å². The molecule has 18 heavy (non-hydrogen) atoms. The fourth-order valence-electron chi connectivity index (χ4n) is 2.03. The number of hydrogen-bond donors (Lipinski definition) is 0. The van der Waals surface area contributed by atoms with E-state index in [9.17, 15) is 0 Å². The highest BCUT2D eigenvalue weighted by molar-refractivity contribution is 7.13. The number of nitrogens with zero attached hydrogens (tertiary/aromatic N) is 2. The van der Waals surface area contributed by atoms with Crippen LogP contribution in [-0.2, 0) is 0 Å². The third-order valence-corrected chi connectivity index (χ3v) is 3.96. The molecule has 0 fully saturated rings. The maximum Gasteiger partial charge on any atom is 0.152 e. The van der Waals surface area contributed by atoms with Crippen molar-refractivity contribution in [1.29, 1.82) is 5.26 Å². The molecule has 0 spiro atoms. The molecule has 0 unspecified atom stereocenters. The highest BCUT2D eigenvalue weighted by Gasteiger charge is 2.15. The zero-order valence-electron chi connectivity index (χ0n) is 10.9. The van der Waals surface area contributed by atoms with Crippen LogP contribution in [0.2, 0.25) is 0 Å². The Morgan fingerprint density at radius 3 is 2.56 bits per heavy atom. The van der Waals surface area contributed by atoms with Gasteiger partial charge in [-0.2, -0.15) is 5.26 Å². The number of ether oxygens (including phenoxy) is 1. The molecule has 1 aromatic heterocycles. The fourth-order valence-corrected chi connectivity index (χ4v) is 2.94. The van der Waals surface area contributed by atoms with Gasteiger partial charge in [0, 0.05) is 10.9 Å². The number of methoxy groups -OCH3 is 1. The summed E-state index contributed by atoms with van der Waals surface area (Å²) in [5.74, 6) is 0.894. The van der Waals surface area contributed by atoms with Crippen molar-refractivity contribution in [3.8, 4) is 22.4 Å². The topological polar surface area (TPSA) is 45.9 Å². The quantitative estimate of drug-likeness (QED) is 0.826. The van der Waals surface area contributed by atoms with Gasteiger partial charge in [0.25, 0.3) is 0 Å². The second-order valence-corrected chi connectivity index (χ2v) is 5.03. The first-order valence-electron chi connectivity index (χ1n) is 5.59. The van der Waals surface area contributed by atoms with E-state index in [1.807, 2.05) is 19.9 Å². The third kappa shape index (κ3) is 1.98. The van der Waals surface area contributed by atoms with E-state index in [1.165, 1.54) is 11.3 Å². The van der Waals surface area contributed by atoms with E-state index in [1.54, 1.807) is 12.5 Å². The first-order chi connectivity index (χ1) is 8.58. The molecule has 0 aliphatic carbocycles. The summed E-state index contributed by atoms with van der Waals surface area (Å²) < 4.78 is 5.35. The predicted octanol–water partition coefficient (Wildman–Crippen LogP) is 3.62. The first-order valence-corrected chi connectivity index (χ1v) is 6.47. The molecule has 0 atom stereocenters. The summed E-state index contributed by atoms with van der Waals surface area (Å²) in [4.78, 5) is 4.33. The van der Waals surface area contributed by atoms with Crippen molar-refractivity contribution in [1.82, 2.24) is 4.98 Å². The van der Waals surface area contributed by atoms with Crippen LogP contribution in [0.3, 0.4) is 0 Å². The van der Waals surface area contributed by atoms with E-state index in [0.29, 0.717) is 5.69 Å². The number of aryl methyl sites for hydroxylation is 1. The zero-order chi connectivity index (χ0) is 13.3. The molecule has 2 aromatic rings. The average Bonchev–Trinajstić information content (AvgIpc) is 2.82. The smallest absolute Gasteiger partial charge is 0.152 e. The summed E-state index contributed by atoms with van der Waals surface area (Å²) in [5, 5.41) is 11.5. The second kappa shape index (κ2) is 4.79. The highest BCUT2D eigenvalue weighted by Crippen LogP contribution is 2.35. The van der Waals surface area contributed by atoms with Crippen molar-refractivity contribution >= 4 is 11.3 Å². The SMILES string of the molecule is COc1cc(C)c(-c2nc(C#N)cs2)c(C)c1C. The summed E-state index contributed by atoms with van der Waals surface area (Å²) >= 11 is 1.50. The molecular weight excluding hydrogens is 244 g/mol. The molecule has 0 radical (unpaired) electrons. The van der Waals surface area contributed by atoms with E-state index in [-0.39, 0.29) is 0 Å². The van der Waals surface area contributed by atoms with Crippen LogP contribution in [0.15, 0.2) is 11.4 Å². The molecule has 0 bridgehead atoms. The highest BCUT2D eigenvalue weighted by atomic mass is 32.1. The van der Waals surface area contributed by atoms with Crippen molar-refractivity contribution in [3.05, 3.63) is 33.8 Å². The molecule has 0 aliphatic rings. The Hall–Kier alpha value is -1.86. The standard InChI is InChI=1S/C14H14N2OS/c1-8-5-12(17-4)9(2)10(3)13(8)14-16-11(6-15)7-18-14/h5,7H,1-4H3. The van der Waals surface area contributed by atoms with Gasteiger partial charge in [0.05, 0.1) is 7.11 Å². The minimum Gasteiger partial charge on any atom is -0.496 e. The maximum absolute atomic E-state index is 8.85. The molecule has 1 aromatic carbocycles. The Balaban J connectivity index is 2.65. The molecule has 0 aliphatic heterocycles. The Labute approximate surface area is 111 Å². The van der Waals surface area contributed by atoms with Crippen LogP contribution in [0.4, 0.5) is 0 Å². The van der Waals surface area contributed by atoms with Crippen LogP contribution in [-0.4, -0.2) is 12.1 Å². The van der Waals surface area contributed by atoms with Crippen LogP contribution < -0.4 is 4.74 Å². The second-order valence-electron chi connectivity index (χ2n) is 4.17. The Kier molecular flexibility index (Phi) is 3.35. The number of hydrogen-bond acceptors (Lipinski definition) is 4. The summed E-state index contributed by atoms with van der Waals surface area (Å²) in [6.07, 6.45) is 0. The van der Waals surface area contributed by atoms with Gasteiger partial charge >= 0.3 is 0 Å². The van der Waals surface area contributed by atoms with Gasteiger partial charge in [-0.1, -0.05) is 0 Å². The Morgan fingerprint density at radius 2 is 2.00 bits per heavy atom. The van der Waals surface area contributed by atoms with E-state index >= 15 is 0 Å². The third-order valence-electron chi connectivity index (χ3n) is 3.10. The molecule has 4 heteroatoms. The normalized spacial score (nSPS) is 10.2. The van der Waals surface area contributed by atoms with Crippen molar-refractivity contribution < 1.29 is 4.74 Å². The number of nitriles is 1. The maximum atomic E-state index is 8.85. The monoisotopic (exact) mass is 258 g/mol. The fraction of sp³-hybridized carbons (Fsp3) is 0.286. The number of thiazole rings is 1. The lowest BCUT2D eigenvalue weighted by Gasteiger charge is -2.14. The molecule has 0 N–H and O–H groups in total. The first kappa shape index (κ1) is 12.6. The van der Waals surface area contributed by atoms with Crippen LogP contribution in [0, 0.1) is 32.1 Å². The summed E-state index contributed by atoms with van der Waals surface area (Å²) in [6, 6.07) is 4.09. The summed E-state index contributed by atoms with van der Waals surface area (Å²) in [6.45, 7) is 6.14. The summed E-state index contributed by atoms with van der Waals surface area (Å²) in [7, 11) is 1.68. The van der Waals surface area contributed by atoms with Crippen molar-refractivity contribution in [3.63, 3.8) is 0 Å². The Morgan fingerprint density at radius 1 is 1.28 bits per heavy atom. The minimum absolute atomic E-state index is 0.474. The molecular formula is C14H14N2OS. The lowest BCUT2D eigenvalue weighted by Crippen LogP contribution is -1.96. The van der Waals surface area contributed by atoms with Gasteiger partial charge in [0.15, 0.2) is 5.69 Å². The van der Waals surface area contributed by atoms with Crippen LogP contribution in [0.25, 0.3) is 10.6 Å². The molecule has 1 heterocycles. The van der Waals surface area contributed by atoms with Crippen molar-refractivity contribution in [2.24, 2.45) is 0 Å². The van der Waals surface area contributed by atoms with Gasteiger partial charge in [-0.05, 0) is 43.5 Å². The van der Waals surface area contributed by atoms with Crippen LogP contribution >= 0.6 is 11.3 Å². The van der Waals surface area contributed by atoms with Crippen LogP contribution in [0.1, 0.15) is 22.4 Å². The molecule has 0 saturated carbocycles. The van der Waals surface area contributed by atoms with E-state index in [0.717, 1.165) is 33.0 Å². The Bertz CT molecular complexity index is 638. The average molecular weight is 258 g/mol. The number of aromatic nitrogens is 1. The lowest BCUT2D eigenvalue weighted by atomic mass is 9.98. The molecule has 0 saturated heterocycles. The van der Waals surface area contributed by atoms with Gasteiger partial charge in [-0.25, -0.2) is 4.98 Å². The van der Waals surface area contributed by atoms with Gasteiger partial charge in [-0.15, -0.1) is 11.3 Å². The predicted molar refractivity (Wildman–Crippen MR) is 73.0 cm³/mol. The van der Waals surface area contributed by atoms with Crippen molar-refractivity contribution in [2.75, 3.05) is 7.11 Å². The molecule has 2 rings (SSSR count). The minimum atomic E-state index is 0.474. The van der Waals surface area contributed by atoms with E-state index in [4.69, 9.17) is 10.00 Å². The number of benzene rings is 1. The lowest BCUT2D eigenvalue weighted by molar-refractivity contribution is 0.411. The molecule has 3 nitrogen and oxygen atoms in total. The molecule has 0 amide bonds. The zero-order valence-corrected chi connectivity index (χ0v) is 11.7. The van der Waals surface area contributed by atoms with Gasteiger partial charge < -0.3 is 4.74 Å². The molecule has 92 valence electrons. The largest absolute Gasteiger partial charge is 0.496 e. The van der Waals surface area contributed by atoms with Crippen molar-refractivity contribution in [2.45, 2.75) is 20.8 Å². The van der Waals surface area contributed by atoms with E-state index in [2.05, 4.69) is 18.0 Å². The number of rotatable bonds is 2. The van der Waals surface area contributed by atoms with Gasteiger partial charge in [-0.3, -0.25) is 0 Å². The van der Waals surface area contributed by atoms with Crippen LogP contribution in [0.5, 0.6) is 5.75 Å². The van der Waals surface area contributed by atoms with Gasteiger partial charge in [0.2, 0.25) is 0 Å². The summed E-state index contributed by atoms with van der Waals surface area (Å²) in [5.41, 5.74) is 4.98. The van der Waals surface area contributed by atoms with E-state index < -0.39 is 0 Å².